The van der Waals surface area contributed by atoms with E-state index >= 15 is 0 Å². The average molecular weight is 364 g/mol. The number of alkyl halides is 1. The Balaban J connectivity index is 0.00000208. The normalized spacial score (nSPS) is 10.2. The number of hydrogen-bond acceptors (Lipinski definition) is 4. The lowest BCUT2D eigenvalue weighted by atomic mass is 10.2. The monoisotopic (exact) mass is 363 g/mol. The number of fused-ring (bicyclic) bond motifs is 1. The van der Waals surface area contributed by atoms with Crippen molar-refractivity contribution in [1.29, 1.82) is 0 Å². The minimum atomic E-state index is 0. The number of pyridine rings is 2. The SMILES string of the molecule is Cc1c(OCCCl)ccnc1CNc1cnc2ccccc2c1.Cl. The number of ether oxygens (including phenoxy) is 1. The van der Waals surface area contributed by atoms with Crippen LogP contribution in [-0.4, -0.2) is 22.5 Å². The van der Waals surface area contributed by atoms with E-state index in [1.807, 2.05) is 37.4 Å². The Morgan fingerprint density at radius 2 is 2.00 bits per heavy atom. The second kappa shape index (κ2) is 8.71. The van der Waals surface area contributed by atoms with Crippen molar-refractivity contribution in [2.45, 2.75) is 13.5 Å². The molecule has 126 valence electrons. The molecule has 3 rings (SSSR count). The van der Waals surface area contributed by atoms with Crippen LogP contribution in [0.2, 0.25) is 0 Å². The molecule has 0 aliphatic carbocycles. The van der Waals surface area contributed by atoms with Gasteiger partial charge in [-0.2, -0.15) is 0 Å². The van der Waals surface area contributed by atoms with Gasteiger partial charge >= 0.3 is 0 Å². The highest BCUT2D eigenvalue weighted by atomic mass is 35.5. The van der Waals surface area contributed by atoms with Crippen LogP contribution >= 0.6 is 24.0 Å². The molecule has 0 spiro atoms. The van der Waals surface area contributed by atoms with Gasteiger partial charge < -0.3 is 10.1 Å². The van der Waals surface area contributed by atoms with Gasteiger partial charge in [-0.3, -0.25) is 9.97 Å². The fourth-order valence-corrected chi connectivity index (χ4v) is 2.47. The number of anilines is 1. The maximum absolute atomic E-state index is 5.67. The van der Waals surface area contributed by atoms with Gasteiger partial charge in [0.05, 0.1) is 35.5 Å². The van der Waals surface area contributed by atoms with Crippen LogP contribution in [0.15, 0.2) is 48.8 Å². The van der Waals surface area contributed by atoms with Gasteiger partial charge in [-0.25, -0.2) is 0 Å². The predicted molar refractivity (Wildman–Crippen MR) is 102 cm³/mol. The molecular formula is C18H19Cl2N3O. The first-order valence-corrected chi connectivity index (χ1v) is 8.03. The highest BCUT2D eigenvalue weighted by Gasteiger charge is 2.07. The Hall–Kier alpha value is -2.04. The smallest absolute Gasteiger partial charge is 0.125 e. The van der Waals surface area contributed by atoms with Crippen LogP contribution in [0.4, 0.5) is 5.69 Å². The maximum atomic E-state index is 5.67. The standard InChI is InChI=1S/C18H18ClN3O.ClH/c1-13-17(20-8-6-18(13)23-9-7-19)12-21-15-10-14-4-2-3-5-16(14)22-11-15;/h2-6,8,10-11,21H,7,9,12H2,1H3;1H. The number of rotatable bonds is 6. The van der Waals surface area contributed by atoms with Crippen molar-refractivity contribution in [1.82, 2.24) is 9.97 Å². The van der Waals surface area contributed by atoms with Gasteiger partial charge in [0.2, 0.25) is 0 Å². The predicted octanol–water partition coefficient (Wildman–Crippen LogP) is 4.59. The second-order valence-electron chi connectivity index (χ2n) is 5.19. The molecule has 24 heavy (non-hydrogen) atoms. The molecule has 1 aromatic carbocycles. The molecule has 0 saturated carbocycles. The summed E-state index contributed by atoms with van der Waals surface area (Å²) >= 11 is 5.67. The average Bonchev–Trinajstić information content (AvgIpc) is 2.59. The Bertz CT molecular complexity index is 811. The number of halogens is 2. The van der Waals surface area contributed by atoms with Crippen molar-refractivity contribution < 1.29 is 4.74 Å². The van der Waals surface area contributed by atoms with Gasteiger partial charge in [0.1, 0.15) is 12.4 Å². The lowest BCUT2D eigenvalue weighted by molar-refractivity contribution is 0.339. The molecule has 0 aliphatic heterocycles. The first-order valence-electron chi connectivity index (χ1n) is 7.50. The first-order chi connectivity index (χ1) is 11.3. The molecule has 0 unspecified atom stereocenters. The molecule has 2 aromatic heterocycles. The van der Waals surface area contributed by atoms with E-state index in [2.05, 4.69) is 27.4 Å². The van der Waals surface area contributed by atoms with Crippen molar-refractivity contribution in [3.05, 3.63) is 60.0 Å². The summed E-state index contributed by atoms with van der Waals surface area (Å²) < 4.78 is 5.62. The number of nitrogens with one attached hydrogen (secondary N) is 1. The molecule has 0 fully saturated rings. The van der Waals surface area contributed by atoms with Gasteiger partial charge in [-0.05, 0) is 25.1 Å². The summed E-state index contributed by atoms with van der Waals surface area (Å²) in [6.45, 7) is 3.12. The number of hydrogen-bond donors (Lipinski definition) is 1. The van der Waals surface area contributed by atoms with Crippen LogP contribution in [0.3, 0.4) is 0 Å². The van der Waals surface area contributed by atoms with Crippen molar-refractivity contribution in [3.63, 3.8) is 0 Å². The molecular weight excluding hydrogens is 345 g/mol. The van der Waals surface area contributed by atoms with Crippen LogP contribution < -0.4 is 10.1 Å². The van der Waals surface area contributed by atoms with E-state index in [-0.39, 0.29) is 12.4 Å². The number of benzene rings is 1. The Labute approximate surface area is 152 Å². The van der Waals surface area contributed by atoms with E-state index < -0.39 is 0 Å². The molecule has 0 bridgehead atoms. The van der Waals surface area contributed by atoms with Gasteiger partial charge in [0.15, 0.2) is 0 Å². The summed E-state index contributed by atoms with van der Waals surface area (Å²) in [6.07, 6.45) is 3.59. The van der Waals surface area contributed by atoms with Gasteiger partial charge in [-0.15, -0.1) is 24.0 Å². The van der Waals surface area contributed by atoms with E-state index in [4.69, 9.17) is 16.3 Å². The largest absolute Gasteiger partial charge is 0.492 e. The van der Waals surface area contributed by atoms with Crippen molar-refractivity contribution >= 4 is 40.6 Å². The van der Waals surface area contributed by atoms with Crippen LogP contribution in [0, 0.1) is 6.92 Å². The summed E-state index contributed by atoms with van der Waals surface area (Å²) in [5.41, 5.74) is 3.94. The third kappa shape index (κ3) is 4.28. The van der Waals surface area contributed by atoms with E-state index in [1.54, 1.807) is 6.20 Å². The number of nitrogens with zero attached hydrogens (tertiary/aromatic N) is 2. The summed E-state index contributed by atoms with van der Waals surface area (Å²) in [6, 6.07) is 12.0. The van der Waals surface area contributed by atoms with Crippen LogP contribution in [0.1, 0.15) is 11.3 Å². The quantitative estimate of drug-likeness (QED) is 0.650. The van der Waals surface area contributed by atoms with E-state index in [9.17, 15) is 0 Å². The minimum Gasteiger partial charge on any atom is -0.492 e. The fraction of sp³-hybridized carbons (Fsp3) is 0.222. The van der Waals surface area contributed by atoms with Crippen molar-refractivity contribution in [2.24, 2.45) is 0 Å². The maximum Gasteiger partial charge on any atom is 0.125 e. The molecule has 0 radical (unpaired) electrons. The molecule has 1 N–H and O–H groups in total. The summed E-state index contributed by atoms with van der Waals surface area (Å²) in [5, 5.41) is 4.48. The molecule has 0 saturated heterocycles. The van der Waals surface area contributed by atoms with Gasteiger partial charge in [0.25, 0.3) is 0 Å². The van der Waals surface area contributed by atoms with E-state index in [0.29, 0.717) is 19.0 Å². The van der Waals surface area contributed by atoms with Gasteiger partial charge in [-0.1, -0.05) is 18.2 Å². The topological polar surface area (TPSA) is 47.0 Å². The summed E-state index contributed by atoms with van der Waals surface area (Å²) in [5.74, 6) is 1.30. The fourth-order valence-electron chi connectivity index (χ4n) is 2.40. The zero-order valence-corrected chi connectivity index (χ0v) is 14.9. The minimum absolute atomic E-state index is 0. The highest BCUT2D eigenvalue weighted by Crippen LogP contribution is 2.21. The van der Waals surface area contributed by atoms with E-state index in [1.165, 1.54) is 0 Å². The molecule has 4 nitrogen and oxygen atoms in total. The Morgan fingerprint density at radius 3 is 2.83 bits per heavy atom. The number of aromatic nitrogens is 2. The summed E-state index contributed by atoms with van der Waals surface area (Å²) in [7, 11) is 0. The number of para-hydroxylation sites is 1. The third-order valence-electron chi connectivity index (χ3n) is 3.64. The van der Waals surface area contributed by atoms with Crippen molar-refractivity contribution in [3.8, 4) is 5.75 Å². The van der Waals surface area contributed by atoms with Crippen LogP contribution in [0.5, 0.6) is 5.75 Å². The Kier molecular flexibility index (Phi) is 6.64. The highest BCUT2D eigenvalue weighted by molar-refractivity contribution is 6.18. The van der Waals surface area contributed by atoms with E-state index in [0.717, 1.165) is 33.6 Å². The Morgan fingerprint density at radius 1 is 1.17 bits per heavy atom. The molecule has 3 aromatic rings. The third-order valence-corrected chi connectivity index (χ3v) is 3.80. The lowest BCUT2D eigenvalue weighted by Crippen LogP contribution is -2.07. The van der Waals surface area contributed by atoms with Gasteiger partial charge in [0, 0.05) is 17.1 Å². The van der Waals surface area contributed by atoms with Crippen LogP contribution in [-0.2, 0) is 6.54 Å². The molecule has 0 atom stereocenters. The molecule has 2 heterocycles. The summed E-state index contributed by atoms with van der Waals surface area (Å²) in [4.78, 5) is 8.88. The zero-order chi connectivity index (χ0) is 16.1. The molecule has 0 aliphatic rings. The second-order valence-corrected chi connectivity index (χ2v) is 5.57. The zero-order valence-electron chi connectivity index (χ0n) is 13.3. The van der Waals surface area contributed by atoms with Crippen molar-refractivity contribution in [2.75, 3.05) is 17.8 Å². The molecule has 0 amide bonds. The first kappa shape index (κ1) is 18.3. The molecule has 6 heteroatoms. The van der Waals surface area contributed by atoms with Crippen LogP contribution in [0.25, 0.3) is 10.9 Å². The lowest BCUT2D eigenvalue weighted by Gasteiger charge is -2.12.